The quantitative estimate of drug-likeness (QED) is 0.882. The Balaban J connectivity index is 1.66. The molecule has 3 rings (SSSR count). The highest BCUT2D eigenvalue weighted by molar-refractivity contribution is 6.30. The molecule has 1 amide bonds. The van der Waals surface area contributed by atoms with E-state index in [0.29, 0.717) is 43.6 Å². The second-order valence-electron chi connectivity index (χ2n) is 6.02. The fraction of sp³-hybridized carbons (Fsp3) is 0.389. The van der Waals surface area contributed by atoms with Crippen molar-refractivity contribution in [3.63, 3.8) is 0 Å². The first kappa shape index (κ1) is 18.3. The largest absolute Gasteiger partial charge is 0.450 e. The Labute approximate surface area is 157 Å². The third kappa shape index (κ3) is 4.35. The van der Waals surface area contributed by atoms with Crippen LogP contribution in [0.4, 0.5) is 22.1 Å². The normalized spacial score (nSPS) is 14.3. The van der Waals surface area contributed by atoms with E-state index >= 15 is 0 Å². The summed E-state index contributed by atoms with van der Waals surface area (Å²) in [7, 11) is 0. The number of hydrogen-bond donors (Lipinski definition) is 1. The molecule has 1 fully saturated rings. The lowest BCUT2D eigenvalue weighted by Gasteiger charge is -2.34. The first-order chi connectivity index (χ1) is 12.6. The van der Waals surface area contributed by atoms with E-state index in [2.05, 4.69) is 20.2 Å². The highest BCUT2D eigenvalue weighted by Crippen LogP contribution is 2.25. The van der Waals surface area contributed by atoms with Gasteiger partial charge in [0.1, 0.15) is 18.0 Å². The molecule has 7 nitrogen and oxygen atoms in total. The summed E-state index contributed by atoms with van der Waals surface area (Å²) in [5.74, 6) is 1.53. The van der Waals surface area contributed by atoms with E-state index in [-0.39, 0.29) is 6.09 Å². The number of anilines is 3. The molecule has 1 saturated heterocycles. The van der Waals surface area contributed by atoms with Crippen LogP contribution in [-0.2, 0) is 4.74 Å². The summed E-state index contributed by atoms with van der Waals surface area (Å²) in [5, 5.41) is 3.96. The number of ether oxygens (including phenoxy) is 1. The summed E-state index contributed by atoms with van der Waals surface area (Å²) >= 11 is 6.07. The smallest absolute Gasteiger partial charge is 0.409 e. The lowest BCUT2D eigenvalue weighted by atomic mass is 10.2. The molecule has 2 aromatic rings. The summed E-state index contributed by atoms with van der Waals surface area (Å²) < 4.78 is 5.05. The minimum Gasteiger partial charge on any atom is -0.450 e. The predicted molar refractivity (Wildman–Crippen MR) is 102 cm³/mol. The highest BCUT2D eigenvalue weighted by Gasteiger charge is 2.22. The van der Waals surface area contributed by atoms with Gasteiger partial charge in [0, 0.05) is 43.0 Å². The monoisotopic (exact) mass is 375 g/mol. The Morgan fingerprint density at radius 3 is 2.73 bits per heavy atom. The second kappa shape index (κ2) is 8.23. The number of carbonyl (C=O) groups excluding carboxylic acids is 1. The standard InChI is InChI=1S/C18H22ClN5O2/c1-3-26-18(25)24-8-6-23(7-9-24)17-11-16(20-12-21-17)22-15-10-14(19)5-4-13(15)2/h4-5,10-12H,3,6-9H2,1-2H3,(H,20,21,22). The first-order valence-electron chi connectivity index (χ1n) is 8.58. The third-order valence-electron chi connectivity index (χ3n) is 4.24. The Hall–Kier alpha value is -2.54. The number of benzene rings is 1. The number of nitrogens with one attached hydrogen (secondary N) is 1. The molecule has 138 valence electrons. The Bertz CT molecular complexity index is 778. The molecule has 1 N–H and O–H groups in total. The predicted octanol–water partition coefficient (Wildman–Crippen LogP) is 3.46. The minimum absolute atomic E-state index is 0.256. The zero-order valence-electron chi connectivity index (χ0n) is 14.9. The minimum atomic E-state index is -0.256. The van der Waals surface area contributed by atoms with Crippen LogP contribution in [0.5, 0.6) is 0 Å². The van der Waals surface area contributed by atoms with E-state index in [1.165, 1.54) is 6.33 Å². The van der Waals surface area contributed by atoms with E-state index < -0.39 is 0 Å². The molecule has 1 aliphatic rings. The zero-order chi connectivity index (χ0) is 18.5. The van der Waals surface area contributed by atoms with Crippen molar-refractivity contribution in [1.29, 1.82) is 0 Å². The van der Waals surface area contributed by atoms with E-state index in [0.717, 1.165) is 17.1 Å². The molecule has 0 unspecified atom stereocenters. The van der Waals surface area contributed by atoms with Gasteiger partial charge in [0.05, 0.1) is 6.61 Å². The maximum Gasteiger partial charge on any atom is 0.409 e. The number of aromatic nitrogens is 2. The van der Waals surface area contributed by atoms with E-state index in [9.17, 15) is 4.79 Å². The molecule has 26 heavy (non-hydrogen) atoms. The van der Waals surface area contributed by atoms with Crippen LogP contribution < -0.4 is 10.2 Å². The van der Waals surface area contributed by atoms with Gasteiger partial charge in [0.25, 0.3) is 0 Å². The molecule has 0 spiro atoms. The van der Waals surface area contributed by atoms with Crippen molar-refractivity contribution in [3.8, 4) is 0 Å². The number of carbonyl (C=O) groups is 1. The summed E-state index contributed by atoms with van der Waals surface area (Å²) in [6.07, 6.45) is 1.28. The van der Waals surface area contributed by atoms with Crippen molar-refractivity contribution in [3.05, 3.63) is 41.2 Å². The van der Waals surface area contributed by atoms with Crippen molar-refractivity contribution in [2.45, 2.75) is 13.8 Å². The van der Waals surface area contributed by atoms with E-state index in [1.54, 1.807) is 4.90 Å². The molecular formula is C18H22ClN5O2. The molecule has 0 atom stereocenters. The first-order valence-corrected chi connectivity index (χ1v) is 8.96. The SMILES string of the molecule is CCOC(=O)N1CCN(c2cc(Nc3cc(Cl)ccc3C)ncn2)CC1. The summed E-state index contributed by atoms with van der Waals surface area (Å²) in [6.45, 7) is 6.83. The van der Waals surface area contributed by atoms with Crippen molar-refractivity contribution < 1.29 is 9.53 Å². The van der Waals surface area contributed by atoms with Crippen molar-refractivity contribution in [2.75, 3.05) is 43.0 Å². The molecule has 0 bridgehead atoms. The van der Waals surface area contributed by atoms with Crippen molar-refractivity contribution in [1.82, 2.24) is 14.9 Å². The number of piperazine rings is 1. The van der Waals surface area contributed by atoms with Crippen molar-refractivity contribution >= 4 is 35.0 Å². The van der Waals surface area contributed by atoms with Gasteiger partial charge < -0.3 is 19.9 Å². The van der Waals surface area contributed by atoms with Gasteiger partial charge in [-0.25, -0.2) is 14.8 Å². The molecule has 0 radical (unpaired) electrons. The second-order valence-corrected chi connectivity index (χ2v) is 6.46. The van der Waals surface area contributed by atoms with Gasteiger partial charge in [-0.1, -0.05) is 17.7 Å². The molecule has 8 heteroatoms. The summed E-state index contributed by atoms with van der Waals surface area (Å²) in [5.41, 5.74) is 1.99. The lowest BCUT2D eigenvalue weighted by Crippen LogP contribution is -2.49. The van der Waals surface area contributed by atoms with Crippen LogP contribution >= 0.6 is 11.6 Å². The molecular weight excluding hydrogens is 354 g/mol. The van der Waals surface area contributed by atoms with E-state index in [1.807, 2.05) is 38.1 Å². The average molecular weight is 376 g/mol. The number of halogens is 1. The molecule has 0 aliphatic carbocycles. The fourth-order valence-corrected chi connectivity index (χ4v) is 2.96. The fourth-order valence-electron chi connectivity index (χ4n) is 2.79. The van der Waals surface area contributed by atoms with Gasteiger partial charge in [-0.05, 0) is 31.5 Å². The van der Waals surface area contributed by atoms with Crippen LogP contribution in [0, 0.1) is 6.92 Å². The maximum atomic E-state index is 11.8. The van der Waals surface area contributed by atoms with Crippen LogP contribution in [0.2, 0.25) is 5.02 Å². The Morgan fingerprint density at radius 2 is 2.00 bits per heavy atom. The zero-order valence-corrected chi connectivity index (χ0v) is 15.7. The molecule has 2 heterocycles. The number of hydrogen-bond acceptors (Lipinski definition) is 6. The van der Waals surface area contributed by atoms with Gasteiger partial charge in [-0.15, -0.1) is 0 Å². The van der Waals surface area contributed by atoms with E-state index in [4.69, 9.17) is 16.3 Å². The highest BCUT2D eigenvalue weighted by atomic mass is 35.5. The van der Waals surface area contributed by atoms with Crippen LogP contribution in [0.3, 0.4) is 0 Å². The Kier molecular flexibility index (Phi) is 5.78. The third-order valence-corrected chi connectivity index (χ3v) is 4.48. The van der Waals surface area contributed by atoms with Gasteiger partial charge in [-0.2, -0.15) is 0 Å². The summed E-state index contributed by atoms with van der Waals surface area (Å²) in [4.78, 5) is 24.3. The number of aryl methyl sites for hydroxylation is 1. The number of nitrogens with zero attached hydrogens (tertiary/aromatic N) is 4. The van der Waals surface area contributed by atoms with Crippen LogP contribution in [0.15, 0.2) is 30.6 Å². The van der Waals surface area contributed by atoms with Gasteiger partial charge in [0.2, 0.25) is 0 Å². The Morgan fingerprint density at radius 1 is 1.23 bits per heavy atom. The van der Waals surface area contributed by atoms with Crippen LogP contribution in [0.25, 0.3) is 0 Å². The lowest BCUT2D eigenvalue weighted by molar-refractivity contribution is 0.105. The molecule has 1 aromatic heterocycles. The molecule has 1 aromatic carbocycles. The molecule has 0 saturated carbocycles. The van der Waals surface area contributed by atoms with Crippen LogP contribution in [-0.4, -0.2) is 53.7 Å². The van der Waals surface area contributed by atoms with Gasteiger partial charge in [0.15, 0.2) is 0 Å². The number of rotatable bonds is 4. The average Bonchev–Trinajstić information content (AvgIpc) is 2.65. The van der Waals surface area contributed by atoms with Gasteiger partial charge >= 0.3 is 6.09 Å². The van der Waals surface area contributed by atoms with Crippen molar-refractivity contribution in [2.24, 2.45) is 0 Å². The van der Waals surface area contributed by atoms with Crippen LogP contribution in [0.1, 0.15) is 12.5 Å². The maximum absolute atomic E-state index is 11.8. The topological polar surface area (TPSA) is 70.6 Å². The number of amides is 1. The summed E-state index contributed by atoms with van der Waals surface area (Å²) in [6, 6.07) is 7.59. The molecule has 1 aliphatic heterocycles. The van der Waals surface area contributed by atoms with Gasteiger partial charge in [-0.3, -0.25) is 0 Å².